The van der Waals surface area contributed by atoms with Crippen LogP contribution >= 0.6 is 0 Å². The highest BCUT2D eigenvalue weighted by atomic mass is 14.8. The molecule has 118 valence electrons. The van der Waals surface area contributed by atoms with Crippen molar-refractivity contribution in [2.45, 2.75) is 65.7 Å². The zero-order chi connectivity index (χ0) is 15.4. The molecule has 0 heterocycles. The van der Waals surface area contributed by atoms with Crippen molar-refractivity contribution < 1.29 is 0 Å². The van der Waals surface area contributed by atoms with E-state index in [9.17, 15) is 0 Å². The van der Waals surface area contributed by atoms with Crippen LogP contribution in [0.2, 0.25) is 0 Å². The average Bonchev–Trinajstić information content (AvgIpc) is 2.81. The fourth-order valence-electron chi connectivity index (χ4n) is 8.13. The molecule has 3 fully saturated rings. The Kier molecular flexibility index (Phi) is 2.26. The van der Waals surface area contributed by atoms with Crippen LogP contribution in [0.1, 0.15) is 65.7 Å². The van der Waals surface area contributed by atoms with E-state index in [1.807, 2.05) is 5.57 Å². The molecule has 0 aromatic carbocycles. The molecule has 3 saturated carbocycles. The summed E-state index contributed by atoms with van der Waals surface area (Å²) in [6.07, 6.45) is 17.8. The van der Waals surface area contributed by atoms with Gasteiger partial charge in [0.2, 0.25) is 0 Å². The van der Waals surface area contributed by atoms with E-state index in [0.717, 1.165) is 5.92 Å². The number of hydrogen-bond acceptors (Lipinski definition) is 0. The zero-order valence-corrected chi connectivity index (χ0v) is 14.5. The minimum absolute atomic E-state index is 0.375. The van der Waals surface area contributed by atoms with E-state index in [-0.39, 0.29) is 0 Å². The molecule has 0 unspecified atom stereocenters. The van der Waals surface area contributed by atoms with Gasteiger partial charge in [-0.05, 0) is 54.8 Å². The number of fused-ring (bicyclic) bond motifs is 1. The molecule has 0 amide bonds. The molecule has 22 heavy (non-hydrogen) atoms. The standard InChI is InChI=1S/C22H30/c1-15-14-17-20(4)16(9-13-21(17)10-5-6-11-21)8-7-12-22(20)18(15)19(22,2)3/h7,12,14,16,18H,1,5-6,8-11,13H2,2-4H3/t16-,18-,20+,22-/m0/s1. The molecule has 0 saturated heterocycles. The summed E-state index contributed by atoms with van der Waals surface area (Å²) in [5.41, 5.74) is 4.99. The van der Waals surface area contributed by atoms with E-state index >= 15 is 0 Å². The topological polar surface area (TPSA) is 0 Å². The highest BCUT2D eigenvalue weighted by Gasteiger charge is 2.81. The SMILES string of the molecule is C=C1C=C2C3(CCCC3)CC[C@@H]3CC=C[C@@]4([C@@H]1C4(C)C)[C@@]23C. The average molecular weight is 294 g/mol. The first-order valence-electron chi connectivity index (χ1n) is 9.49. The predicted molar refractivity (Wildman–Crippen MR) is 92.4 cm³/mol. The molecule has 0 aromatic heterocycles. The third-order valence-electron chi connectivity index (χ3n) is 9.00. The normalized spacial score (nSPS) is 49.6. The van der Waals surface area contributed by atoms with Crippen molar-refractivity contribution >= 4 is 0 Å². The summed E-state index contributed by atoms with van der Waals surface area (Å²) in [6, 6.07) is 0. The quantitative estimate of drug-likeness (QED) is 0.476. The highest BCUT2D eigenvalue weighted by molar-refractivity contribution is 5.55. The Morgan fingerprint density at radius 3 is 2.55 bits per heavy atom. The molecule has 0 aromatic rings. The van der Waals surface area contributed by atoms with Crippen LogP contribution in [0.3, 0.4) is 0 Å². The molecule has 5 aliphatic carbocycles. The summed E-state index contributed by atoms with van der Waals surface area (Å²) < 4.78 is 0. The summed E-state index contributed by atoms with van der Waals surface area (Å²) in [5, 5.41) is 0. The predicted octanol–water partition coefficient (Wildman–Crippen LogP) is 6.06. The third kappa shape index (κ3) is 1.13. The van der Waals surface area contributed by atoms with Gasteiger partial charge in [-0.3, -0.25) is 0 Å². The zero-order valence-electron chi connectivity index (χ0n) is 14.5. The second kappa shape index (κ2) is 3.65. The number of rotatable bonds is 0. The first kappa shape index (κ1) is 13.6. The maximum atomic E-state index is 4.54. The second-order valence-electron chi connectivity index (χ2n) is 9.72. The Morgan fingerprint density at radius 1 is 1.09 bits per heavy atom. The Balaban J connectivity index is 1.78. The van der Waals surface area contributed by atoms with Crippen molar-refractivity contribution in [1.82, 2.24) is 0 Å². The lowest BCUT2D eigenvalue weighted by atomic mass is 9.44. The van der Waals surface area contributed by atoms with E-state index in [1.165, 1.54) is 50.5 Å². The molecule has 0 radical (unpaired) electrons. The summed E-state index contributed by atoms with van der Waals surface area (Å²) in [7, 11) is 0. The molecule has 0 heteroatoms. The van der Waals surface area contributed by atoms with Crippen molar-refractivity contribution in [1.29, 1.82) is 0 Å². The lowest BCUT2D eigenvalue weighted by Crippen LogP contribution is -2.51. The van der Waals surface area contributed by atoms with Crippen molar-refractivity contribution in [2.24, 2.45) is 33.5 Å². The van der Waals surface area contributed by atoms with E-state index in [4.69, 9.17) is 0 Å². The van der Waals surface area contributed by atoms with E-state index in [0.29, 0.717) is 27.6 Å². The number of allylic oxidation sites excluding steroid dienone is 5. The summed E-state index contributed by atoms with van der Waals surface area (Å²) in [5.74, 6) is 1.55. The van der Waals surface area contributed by atoms with Gasteiger partial charge in [0.25, 0.3) is 0 Å². The molecule has 0 bridgehead atoms. The van der Waals surface area contributed by atoms with Crippen molar-refractivity contribution in [3.63, 3.8) is 0 Å². The van der Waals surface area contributed by atoms with Crippen LogP contribution in [0.5, 0.6) is 0 Å². The molecule has 0 N–H and O–H groups in total. The van der Waals surface area contributed by atoms with Crippen molar-refractivity contribution in [2.75, 3.05) is 0 Å². The summed E-state index contributed by atoms with van der Waals surface area (Å²) >= 11 is 0. The van der Waals surface area contributed by atoms with Gasteiger partial charge in [-0.15, -0.1) is 0 Å². The van der Waals surface area contributed by atoms with Gasteiger partial charge in [0, 0.05) is 10.8 Å². The Hall–Kier alpha value is -0.780. The Labute approximate surface area is 135 Å². The van der Waals surface area contributed by atoms with Gasteiger partial charge in [0.1, 0.15) is 0 Å². The molecule has 4 atom stereocenters. The molecule has 5 aliphatic rings. The minimum Gasteiger partial charge on any atom is -0.0955 e. The molecular weight excluding hydrogens is 264 g/mol. The van der Waals surface area contributed by atoms with Crippen LogP contribution in [0.4, 0.5) is 0 Å². The van der Waals surface area contributed by atoms with E-state index < -0.39 is 0 Å². The maximum absolute atomic E-state index is 4.54. The van der Waals surface area contributed by atoms with E-state index in [1.54, 1.807) is 0 Å². The molecule has 0 nitrogen and oxygen atoms in total. The lowest BCUT2D eigenvalue weighted by Gasteiger charge is -2.59. The van der Waals surface area contributed by atoms with Crippen LogP contribution < -0.4 is 0 Å². The molecule has 0 aliphatic heterocycles. The van der Waals surface area contributed by atoms with Crippen LogP contribution in [-0.4, -0.2) is 0 Å². The summed E-state index contributed by atoms with van der Waals surface area (Å²) in [4.78, 5) is 0. The van der Waals surface area contributed by atoms with Gasteiger partial charge in [-0.2, -0.15) is 0 Å². The molecule has 2 spiro atoms. The third-order valence-corrected chi connectivity index (χ3v) is 9.00. The smallest absolute Gasteiger partial charge is 0.0107 e. The van der Waals surface area contributed by atoms with Crippen molar-refractivity contribution in [3.8, 4) is 0 Å². The molecular formula is C22H30. The fourth-order valence-corrected chi connectivity index (χ4v) is 8.13. The van der Waals surface area contributed by atoms with Crippen LogP contribution in [0.15, 0.2) is 36.0 Å². The van der Waals surface area contributed by atoms with Gasteiger partial charge in [0.05, 0.1) is 0 Å². The highest BCUT2D eigenvalue weighted by Crippen LogP contribution is 2.87. The largest absolute Gasteiger partial charge is 0.0955 e. The first-order valence-corrected chi connectivity index (χ1v) is 9.49. The summed E-state index contributed by atoms with van der Waals surface area (Å²) in [6.45, 7) is 12.2. The first-order chi connectivity index (χ1) is 10.4. The Morgan fingerprint density at radius 2 is 1.82 bits per heavy atom. The van der Waals surface area contributed by atoms with Gasteiger partial charge in [0.15, 0.2) is 0 Å². The van der Waals surface area contributed by atoms with Crippen LogP contribution in [0, 0.1) is 33.5 Å². The second-order valence-corrected chi connectivity index (χ2v) is 9.72. The fraction of sp³-hybridized carbons (Fsp3) is 0.727. The minimum atomic E-state index is 0.375. The molecule has 5 rings (SSSR count). The van der Waals surface area contributed by atoms with Gasteiger partial charge in [-0.25, -0.2) is 0 Å². The monoisotopic (exact) mass is 294 g/mol. The van der Waals surface area contributed by atoms with Crippen LogP contribution in [0.25, 0.3) is 0 Å². The van der Waals surface area contributed by atoms with Gasteiger partial charge >= 0.3 is 0 Å². The van der Waals surface area contributed by atoms with Gasteiger partial charge in [-0.1, -0.05) is 69.6 Å². The maximum Gasteiger partial charge on any atom is 0.0107 e. The van der Waals surface area contributed by atoms with E-state index in [2.05, 4.69) is 45.6 Å². The van der Waals surface area contributed by atoms with Crippen LogP contribution in [-0.2, 0) is 0 Å². The Bertz CT molecular complexity index is 624. The number of hydrogen-bond donors (Lipinski definition) is 0. The lowest BCUT2D eigenvalue weighted by molar-refractivity contribution is 0.0226. The van der Waals surface area contributed by atoms with Gasteiger partial charge < -0.3 is 0 Å². The van der Waals surface area contributed by atoms with Crippen molar-refractivity contribution in [3.05, 3.63) is 36.0 Å².